The minimum atomic E-state index is 0.437. The Balaban J connectivity index is 1.57. The van der Waals surface area contributed by atoms with Gasteiger partial charge in [-0.3, -0.25) is 9.97 Å². The SMILES string of the molecule is CCCCCCCc1ccc(-c2[nH]/c(=C(/C#N)c3ccccn3)c3c(-c4ccc(CCCCCCC)cc4)[nH]/c(=C(/C#N)c4ccccn4)c23)cc1. The number of H-pyrrole nitrogens is 2. The molecule has 2 N–H and O–H groups in total. The van der Waals surface area contributed by atoms with Crippen molar-refractivity contribution in [3.8, 4) is 34.7 Å². The number of pyridine rings is 2. The highest BCUT2D eigenvalue weighted by atomic mass is 14.8. The Morgan fingerprint density at radius 2 is 0.923 bits per heavy atom. The third kappa shape index (κ3) is 8.25. The Labute approximate surface area is 307 Å². The van der Waals surface area contributed by atoms with Gasteiger partial charge in [0, 0.05) is 23.2 Å². The summed E-state index contributed by atoms with van der Waals surface area (Å²) in [6.45, 7) is 4.49. The van der Waals surface area contributed by atoms with E-state index in [4.69, 9.17) is 0 Å². The summed E-state index contributed by atoms with van der Waals surface area (Å²) in [6.07, 6.45) is 18.0. The molecule has 0 unspecified atom stereocenters. The zero-order chi connectivity index (χ0) is 36.1. The summed E-state index contributed by atoms with van der Waals surface area (Å²) in [6, 6.07) is 33.6. The molecule has 6 nitrogen and oxygen atoms in total. The number of unbranched alkanes of at least 4 members (excludes halogenated alkanes) is 8. The molecule has 0 aliphatic heterocycles. The van der Waals surface area contributed by atoms with Crippen molar-refractivity contribution in [3.63, 3.8) is 0 Å². The van der Waals surface area contributed by atoms with E-state index in [1.54, 1.807) is 12.4 Å². The van der Waals surface area contributed by atoms with Crippen molar-refractivity contribution < 1.29 is 0 Å². The molecule has 0 aliphatic rings. The fraction of sp³-hybridized carbons (Fsp3) is 0.304. The minimum absolute atomic E-state index is 0.437. The number of aromatic amines is 2. The van der Waals surface area contributed by atoms with Crippen LogP contribution in [-0.4, -0.2) is 19.9 Å². The summed E-state index contributed by atoms with van der Waals surface area (Å²) >= 11 is 0. The van der Waals surface area contributed by atoms with E-state index >= 15 is 0 Å². The number of aromatic nitrogens is 4. The molecule has 0 amide bonds. The minimum Gasteiger partial charge on any atom is -0.353 e. The number of aryl methyl sites for hydroxylation is 2. The molecule has 0 radical (unpaired) electrons. The van der Waals surface area contributed by atoms with E-state index in [1.165, 1.54) is 75.3 Å². The van der Waals surface area contributed by atoms with Crippen molar-refractivity contribution in [2.24, 2.45) is 0 Å². The van der Waals surface area contributed by atoms with Crippen LogP contribution >= 0.6 is 0 Å². The lowest BCUT2D eigenvalue weighted by atomic mass is 10.00. The van der Waals surface area contributed by atoms with E-state index in [0.29, 0.717) is 33.2 Å². The second kappa shape index (κ2) is 18.0. The molecule has 0 saturated carbocycles. The maximum Gasteiger partial charge on any atom is 0.104 e. The third-order valence-corrected chi connectivity index (χ3v) is 9.94. The lowest BCUT2D eigenvalue weighted by molar-refractivity contribution is 0.632. The van der Waals surface area contributed by atoms with Crippen molar-refractivity contribution in [1.82, 2.24) is 19.9 Å². The van der Waals surface area contributed by atoms with Crippen molar-refractivity contribution in [2.75, 3.05) is 0 Å². The quantitative estimate of drug-likeness (QED) is 0.0990. The standard InChI is InChI=1S/C46H48N6/c1-3-5-7-9-11-17-33-21-25-35(26-22-33)43-41-42(46(51-43)38(32-48)40-20-14-16-30-50-40)44(52-45(41)37(31-47)39-19-13-15-29-49-39)36-27-23-34(24-28-36)18-12-10-8-6-4-2/h13-16,19-30,51-52H,3-12,17-18H2,1-2H3/b45-37-,46-38-. The highest BCUT2D eigenvalue weighted by molar-refractivity contribution is 6.07. The van der Waals surface area contributed by atoms with Gasteiger partial charge in [-0.1, -0.05) is 126 Å². The summed E-state index contributed by atoms with van der Waals surface area (Å²) < 4.78 is 0. The topological polar surface area (TPSA) is 105 Å². The van der Waals surface area contributed by atoms with Gasteiger partial charge in [0.15, 0.2) is 0 Å². The highest BCUT2D eigenvalue weighted by Crippen LogP contribution is 2.32. The number of hydrogen-bond acceptors (Lipinski definition) is 4. The second-order valence-electron chi connectivity index (χ2n) is 13.6. The fourth-order valence-corrected chi connectivity index (χ4v) is 7.10. The van der Waals surface area contributed by atoms with Crippen molar-refractivity contribution in [1.29, 1.82) is 10.5 Å². The van der Waals surface area contributed by atoms with Gasteiger partial charge in [-0.25, -0.2) is 0 Å². The smallest absolute Gasteiger partial charge is 0.104 e. The van der Waals surface area contributed by atoms with E-state index in [0.717, 1.165) is 46.1 Å². The van der Waals surface area contributed by atoms with E-state index in [1.807, 2.05) is 36.4 Å². The zero-order valence-corrected chi connectivity index (χ0v) is 30.5. The lowest BCUT2D eigenvalue weighted by Gasteiger charge is -2.05. The van der Waals surface area contributed by atoms with Gasteiger partial charge in [-0.15, -0.1) is 0 Å². The van der Waals surface area contributed by atoms with Crippen LogP contribution in [0.3, 0.4) is 0 Å². The maximum absolute atomic E-state index is 10.7. The van der Waals surface area contributed by atoms with Crippen molar-refractivity contribution >= 4 is 21.9 Å². The Kier molecular flexibility index (Phi) is 12.5. The molecule has 52 heavy (non-hydrogen) atoms. The summed E-state index contributed by atoms with van der Waals surface area (Å²) in [4.78, 5) is 16.6. The monoisotopic (exact) mass is 684 g/mol. The van der Waals surface area contributed by atoms with E-state index < -0.39 is 0 Å². The zero-order valence-electron chi connectivity index (χ0n) is 30.5. The number of nitrogens with one attached hydrogen (secondary N) is 2. The summed E-state index contributed by atoms with van der Waals surface area (Å²) in [5, 5.41) is 24.4. The molecule has 0 aliphatic carbocycles. The van der Waals surface area contributed by atoms with Gasteiger partial charge in [0.05, 0.1) is 33.5 Å². The van der Waals surface area contributed by atoms with Crippen LogP contribution in [0.25, 0.3) is 44.4 Å². The van der Waals surface area contributed by atoms with Crippen molar-refractivity contribution in [3.05, 3.63) is 131 Å². The molecule has 4 aromatic heterocycles. The first kappa shape index (κ1) is 36.1. The van der Waals surface area contributed by atoms with Crippen LogP contribution in [0, 0.1) is 22.7 Å². The Morgan fingerprint density at radius 1 is 0.519 bits per heavy atom. The molecule has 0 atom stereocenters. The number of nitriles is 2. The predicted molar refractivity (Wildman–Crippen MR) is 212 cm³/mol. The first-order valence-electron chi connectivity index (χ1n) is 19.0. The summed E-state index contributed by atoms with van der Waals surface area (Å²) in [7, 11) is 0. The number of hydrogen-bond donors (Lipinski definition) is 2. The van der Waals surface area contributed by atoms with Crippen LogP contribution < -0.4 is 10.7 Å². The fourth-order valence-electron chi connectivity index (χ4n) is 7.10. The Morgan fingerprint density at radius 3 is 1.27 bits per heavy atom. The molecule has 4 heterocycles. The normalized spacial score (nSPS) is 12.4. The molecule has 6 heteroatoms. The average Bonchev–Trinajstić information content (AvgIpc) is 3.76. The molecule has 0 saturated heterocycles. The van der Waals surface area contributed by atoms with Gasteiger partial charge in [-0.2, -0.15) is 10.5 Å². The molecule has 262 valence electrons. The molecular formula is C46H48N6. The van der Waals surface area contributed by atoms with Crippen LogP contribution in [0.4, 0.5) is 0 Å². The number of nitrogens with zero attached hydrogens (tertiary/aromatic N) is 4. The molecule has 0 fully saturated rings. The van der Waals surface area contributed by atoms with E-state index in [-0.39, 0.29) is 0 Å². The van der Waals surface area contributed by atoms with Gasteiger partial charge in [0.1, 0.15) is 23.3 Å². The van der Waals surface area contributed by atoms with Gasteiger partial charge in [-0.05, 0) is 72.2 Å². The van der Waals surface area contributed by atoms with E-state index in [2.05, 4.69) is 94.5 Å². The first-order valence-corrected chi connectivity index (χ1v) is 19.0. The van der Waals surface area contributed by atoms with E-state index in [9.17, 15) is 10.5 Å². The number of rotatable bonds is 16. The third-order valence-electron chi connectivity index (χ3n) is 9.94. The number of benzene rings is 2. The van der Waals surface area contributed by atoms with Gasteiger partial charge in [0.2, 0.25) is 0 Å². The molecule has 0 bridgehead atoms. The van der Waals surface area contributed by atoms with Gasteiger partial charge < -0.3 is 9.97 Å². The summed E-state index contributed by atoms with van der Waals surface area (Å²) in [5.41, 5.74) is 8.29. The average molecular weight is 685 g/mol. The van der Waals surface area contributed by atoms with Crippen LogP contribution in [0.5, 0.6) is 0 Å². The molecule has 0 spiro atoms. The molecule has 6 rings (SSSR count). The molecule has 6 aromatic rings. The van der Waals surface area contributed by atoms with Gasteiger partial charge in [0.25, 0.3) is 0 Å². The predicted octanol–water partition coefficient (Wildman–Crippen LogP) is 10.1. The van der Waals surface area contributed by atoms with Crippen LogP contribution in [0.15, 0.2) is 97.3 Å². The maximum atomic E-state index is 10.7. The Bertz CT molecular complexity index is 2100. The first-order chi connectivity index (χ1) is 25.7. The molecule has 2 aromatic carbocycles. The number of fused-ring (bicyclic) bond motifs is 1. The lowest BCUT2D eigenvalue weighted by Crippen LogP contribution is -2.11. The largest absolute Gasteiger partial charge is 0.353 e. The summed E-state index contributed by atoms with van der Waals surface area (Å²) in [5.74, 6) is 0. The Hall–Kier alpha value is -5.72. The molecular weight excluding hydrogens is 637 g/mol. The second-order valence-corrected chi connectivity index (χ2v) is 13.6. The highest BCUT2D eigenvalue weighted by Gasteiger charge is 2.22. The van der Waals surface area contributed by atoms with Crippen LogP contribution in [-0.2, 0) is 12.8 Å². The van der Waals surface area contributed by atoms with Crippen LogP contribution in [0.2, 0.25) is 0 Å². The van der Waals surface area contributed by atoms with Crippen molar-refractivity contribution in [2.45, 2.75) is 90.9 Å². The van der Waals surface area contributed by atoms with Crippen LogP contribution in [0.1, 0.15) is 101 Å². The van der Waals surface area contributed by atoms with Gasteiger partial charge >= 0.3 is 0 Å².